The molecule has 1 saturated heterocycles. The van der Waals surface area contributed by atoms with Crippen LogP contribution in [0.5, 0.6) is 0 Å². The number of aromatic nitrogens is 3. The highest BCUT2D eigenvalue weighted by Crippen LogP contribution is 2.26. The third-order valence-electron chi connectivity index (χ3n) is 6.26. The summed E-state index contributed by atoms with van der Waals surface area (Å²) in [5.74, 6) is -0.375. The largest absolute Gasteiger partial charge is 0.420 e. The number of nitrogens with zero attached hydrogens (tertiary/aromatic N) is 4. The van der Waals surface area contributed by atoms with Crippen LogP contribution >= 0.6 is 0 Å². The van der Waals surface area contributed by atoms with Crippen LogP contribution < -0.4 is 11.3 Å². The number of piperidine rings is 1. The van der Waals surface area contributed by atoms with Gasteiger partial charge in [-0.3, -0.25) is 14.2 Å². The van der Waals surface area contributed by atoms with Gasteiger partial charge in [0.1, 0.15) is 0 Å². The molecule has 0 atom stereocenters. The maximum Gasteiger partial charge on any atom is 0.420 e. The molecule has 1 aliphatic heterocycles. The number of benzene rings is 2. The molecular weight excluding hydrogens is 408 g/mol. The lowest BCUT2D eigenvalue weighted by molar-refractivity contribution is -0.131. The highest BCUT2D eigenvalue weighted by Gasteiger charge is 2.27. The number of hydrogen-bond donors (Lipinski definition) is 0. The van der Waals surface area contributed by atoms with Gasteiger partial charge in [-0.05, 0) is 38.0 Å². The summed E-state index contributed by atoms with van der Waals surface area (Å²) in [6.45, 7) is 3.42. The normalized spacial score (nSPS) is 15.0. The van der Waals surface area contributed by atoms with E-state index in [1.165, 1.54) is 4.68 Å². The van der Waals surface area contributed by atoms with Crippen LogP contribution in [0, 0.1) is 0 Å². The van der Waals surface area contributed by atoms with Crippen molar-refractivity contribution < 1.29 is 9.21 Å². The number of carbonyl (C=O) groups is 1. The first-order chi connectivity index (χ1) is 15.6. The molecule has 8 heteroatoms. The number of likely N-dealkylation sites (tertiary alicyclic amines) is 1. The number of rotatable bonds is 4. The predicted molar refractivity (Wildman–Crippen MR) is 121 cm³/mol. The lowest BCUT2D eigenvalue weighted by Crippen LogP contribution is -2.41. The molecule has 0 aliphatic carbocycles. The van der Waals surface area contributed by atoms with E-state index in [-0.39, 0.29) is 29.7 Å². The predicted octanol–water partition coefficient (Wildman–Crippen LogP) is 2.73. The third kappa shape index (κ3) is 3.41. The number of amides is 1. The van der Waals surface area contributed by atoms with Crippen molar-refractivity contribution in [3.8, 4) is 0 Å². The second-order valence-electron chi connectivity index (χ2n) is 8.11. The van der Waals surface area contributed by atoms with Crippen molar-refractivity contribution in [2.45, 2.75) is 38.8 Å². The van der Waals surface area contributed by atoms with Crippen molar-refractivity contribution in [3.05, 3.63) is 75.1 Å². The van der Waals surface area contributed by atoms with E-state index >= 15 is 0 Å². The van der Waals surface area contributed by atoms with Crippen LogP contribution in [0.2, 0.25) is 0 Å². The topological polar surface area (TPSA) is 90.3 Å². The Kier molecular flexibility index (Phi) is 5.13. The Morgan fingerprint density at radius 2 is 1.72 bits per heavy atom. The molecule has 3 heterocycles. The fourth-order valence-corrected chi connectivity index (χ4v) is 4.61. The number of hydrogen-bond acceptors (Lipinski definition) is 5. The number of fused-ring (bicyclic) bond motifs is 2. The van der Waals surface area contributed by atoms with Crippen LogP contribution in [-0.4, -0.2) is 38.2 Å². The molecule has 164 valence electrons. The van der Waals surface area contributed by atoms with Crippen LogP contribution in [-0.2, 0) is 17.8 Å². The van der Waals surface area contributed by atoms with Crippen LogP contribution in [0.15, 0.2) is 62.5 Å². The molecule has 1 amide bonds. The molecule has 1 fully saturated rings. The van der Waals surface area contributed by atoms with Gasteiger partial charge >= 0.3 is 5.76 Å². The first-order valence-corrected chi connectivity index (χ1v) is 10.9. The zero-order chi connectivity index (χ0) is 22.2. The molecule has 4 aromatic rings. The highest BCUT2D eigenvalue weighted by molar-refractivity contribution is 5.88. The van der Waals surface area contributed by atoms with Gasteiger partial charge in [-0.1, -0.05) is 30.3 Å². The Labute approximate surface area is 183 Å². The third-order valence-corrected chi connectivity index (χ3v) is 6.26. The van der Waals surface area contributed by atoms with Crippen molar-refractivity contribution in [2.24, 2.45) is 0 Å². The van der Waals surface area contributed by atoms with Crippen LogP contribution in [0.1, 0.15) is 31.5 Å². The van der Waals surface area contributed by atoms with E-state index in [1.54, 1.807) is 16.7 Å². The summed E-state index contributed by atoms with van der Waals surface area (Å²) < 4.78 is 8.49. The molecule has 8 nitrogen and oxygen atoms in total. The quantitative estimate of drug-likeness (QED) is 0.495. The van der Waals surface area contributed by atoms with E-state index in [2.05, 4.69) is 5.10 Å². The van der Waals surface area contributed by atoms with E-state index in [0.717, 1.165) is 10.9 Å². The molecule has 0 unspecified atom stereocenters. The van der Waals surface area contributed by atoms with Crippen molar-refractivity contribution in [2.75, 3.05) is 13.1 Å². The number of aryl methyl sites for hydroxylation is 1. The molecule has 2 aromatic carbocycles. The van der Waals surface area contributed by atoms with Gasteiger partial charge in [0.15, 0.2) is 5.58 Å². The fraction of sp³-hybridized carbons (Fsp3) is 0.333. The van der Waals surface area contributed by atoms with Crippen LogP contribution in [0.25, 0.3) is 21.9 Å². The summed E-state index contributed by atoms with van der Waals surface area (Å²) in [5, 5.41) is 5.76. The molecule has 5 rings (SSSR count). The summed E-state index contributed by atoms with van der Waals surface area (Å²) >= 11 is 0. The van der Waals surface area contributed by atoms with Gasteiger partial charge in [0.25, 0.3) is 5.56 Å². The lowest BCUT2D eigenvalue weighted by Gasteiger charge is -2.32. The second-order valence-corrected chi connectivity index (χ2v) is 8.11. The van der Waals surface area contributed by atoms with E-state index in [1.807, 2.05) is 48.2 Å². The van der Waals surface area contributed by atoms with Gasteiger partial charge in [0.2, 0.25) is 5.91 Å². The summed E-state index contributed by atoms with van der Waals surface area (Å²) in [6.07, 6.45) is 1.50. The Hall–Kier alpha value is -3.68. The van der Waals surface area contributed by atoms with E-state index < -0.39 is 0 Å². The average molecular weight is 432 g/mol. The minimum absolute atomic E-state index is 0.00356. The van der Waals surface area contributed by atoms with E-state index in [9.17, 15) is 14.4 Å². The summed E-state index contributed by atoms with van der Waals surface area (Å²) in [5.41, 5.74) is 1.85. The van der Waals surface area contributed by atoms with Crippen molar-refractivity contribution in [3.63, 3.8) is 0 Å². The number of oxazole rings is 1. The van der Waals surface area contributed by atoms with Crippen molar-refractivity contribution in [1.29, 1.82) is 0 Å². The maximum absolute atomic E-state index is 13.1. The zero-order valence-electron chi connectivity index (χ0n) is 17.9. The first-order valence-electron chi connectivity index (χ1n) is 10.9. The molecule has 1 aliphatic rings. The fourth-order valence-electron chi connectivity index (χ4n) is 4.61. The molecule has 0 spiro atoms. The average Bonchev–Trinajstić information content (AvgIpc) is 3.16. The number of carbonyl (C=O) groups excluding carboxylic acids is 1. The van der Waals surface area contributed by atoms with Gasteiger partial charge < -0.3 is 9.32 Å². The van der Waals surface area contributed by atoms with Gasteiger partial charge in [-0.2, -0.15) is 5.10 Å². The summed E-state index contributed by atoms with van der Waals surface area (Å²) in [6, 6.07) is 14.7. The highest BCUT2D eigenvalue weighted by atomic mass is 16.4. The standard InChI is InChI=1S/C24H24N4O4/c1-2-27-23(30)18-8-4-3-7-17(18)19(25-27)15-22(29)26-13-11-16(12-14-26)28-20-9-5-6-10-21(20)32-24(28)31/h3-10,16H,2,11-15H2,1H3. The Morgan fingerprint density at radius 3 is 2.47 bits per heavy atom. The summed E-state index contributed by atoms with van der Waals surface area (Å²) in [7, 11) is 0. The maximum atomic E-state index is 13.1. The molecule has 0 bridgehead atoms. The Balaban J connectivity index is 1.35. The zero-order valence-corrected chi connectivity index (χ0v) is 17.9. The van der Waals surface area contributed by atoms with Crippen molar-refractivity contribution in [1.82, 2.24) is 19.2 Å². The van der Waals surface area contributed by atoms with Crippen LogP contribution in [0.4, 0.5) is 0 Å². The molecule has 2 aromatic heterocycles. The Bertz CT molecular complexity index is 1420. The minimum atomic E-state index is -0.353. The molecule has 32 heavy (non-hydrogen) atoms. The Morgan fingerprint density at radius 1 is 1.03 bits per heavy atom. The molecule has 0 N–H and O–H groups in total. The number of para-hydroxylation sites is 2. The monoisotopic (exact) mass is 432 g/mol. The van der Waals surface area contributed by atoms with E-state index in [0.29, 0.717) is 49.1 Å². The van der Waals surface area contributed by atoms with Gasteiger partial charge in [-0.25, -0.2) is 9.48 Å². The van der Waals surface area contributed by atoms with Gasteiger partial charge in [-0.15, -0.1) is 0 Å². The molecule has 0 saturated carbocycles. The van der Waals surface area contributed by atoms with Crippen molar-refractivity contribution >= 4 is 27.8 Å². The second kappa shape index (κ2) is 8.11. The molecular formula is C24H24N4O4. The smallest absolute Gasteiger partial charge is 0.408 e. The van der Waals surface area contributed by atoms with E-state index in [4.69, 9.17) is 4.42 Å². The molecule has 0 radical (unpaired) electrons. The lowest BCUT2D eigenvalue weighted by atomic mass is 10.0. The van der Waals surface area contributed by atoms with Gasteiger partial charge in [0, 0.05) is 31.1 Å². The van der Waals surface area contributed by atoms with Crippen LogP contribution in [0.3, 0.4) is 0 Å². The van der Waals surface area contributed by atoms with Gasteiger partial charge in [0.05, 0.1) is 23.0 Å². The first kappa shape index (κ1) is 20.2. The SMILES string of the molecule is CCn1nc(CC(=O)N2CCC(n3c(=O)oc4ccccc43)CC2)c2ccccc2c1=O. The summed E-state index contributed by atoms with van der Waals surface area (Å²) in [4.78, 5) is 39.8. The minimum Gasteiger partial charge on any atom is -0.408 e.